The third-order valence-electron chi connectivity index (χ3n) is 0.976. The van der Waals surface area contributed by atoms with Gasteiger partial charge >= 0.3 is 17.2 Å². The molecule has 7 nitrogen and oxygen atoms in total. The van der Waals surface area contributed by atoms with Crippen LogP contribution < -0.4 is 0 Å². The number of hydrogen-bond donors (Lipinski definition) is 6. The average molecular weight is 256 g/mol. The smallest absolute Gasteiger partial charge is 0.334 e. The van der Waals surface area contributed by atoms with Gasteiger partial charge < -0.3 is 29.8 Å². The van der Waals surface area contributed by atoms with Gasteiger partial charge in [-0.2, -0.15) is 0 Å². The molecule has 0 atom stereocenters. The average Bonchev–Trinajstić information content (AvgIpc) is 2.01. The summed E-state index contributed by atoms with van der Waals surface area (Å²) >= 11 is 0. The highest BCUT2D eigenvalue weighted by atomic mass is 31.2. The van der Waals surface area contributed by atoms with E-state index >= 15 is 0 Å². The van der Waals surface area contributed by atoms with Crippen LogP contribution in [0.1, 0.15) is 0 Å². The zero-order valence-electron chi connectivity index (χ0n) is 7.30. The van der Waals surface area contributed by atoms with Gasteiger partial charge in [0.1, 0.15) is 11.5 Å². The van der Waals surface area contributed by atoms with Crippen LogP contribution in [-0.4, -0.2) is 29.8 Å². The summed E-state index contributed by atoms with van der Waals surface area (Å²) in [6.45, 7) is 0. The molecule has 0 spiro atoms. The first kappa shape index (κ1) is 14.5. The number of phenolic OH excluding ortho intramolecular Hbond substituents is 2. The molecule has 0 saturated carbocycles. The Labute approximate surface area is 87.8 Å². The summed E-state index contributed by atoms with van der Waals surface area (Å²) in [5.41, 5.74) is 0. The van der Waals surface area contributed by atoms with Gasteiger partial charge in [-0.1, -0.05) is 6.07 Å². The Balaban J connectivity index is 0.000000265. The molecule has 0 unspecified atom stereocenters. The molecule has 0 bridgehead atoms. The number of aromatic hydroxyl groups is 2. The predicted molar refractivity (Wildman–Crippen MR) is 53.6 cm³/mol. The van der Waals surface area contributed by atoms with Crippen LogP contribution in [0.2, 0.25) is 0 Å². The zero-order chi connectivity index (χ0) is 11.8. The van der Waals surface area contributed by atoms with E-state index < -0.39 is 17.2 Å². The first-order valence-corrected chi connectivity index (χ1v) is 5.76. The van der Waals surface area contributed by atoms with Gasteiger partial charge in [-0.15, -0.1) is 0 Å². The largest absolute Gasteiger partial charge is 0.508 e. The molecular weight excluding hydrogens is 246 g/mol. The van der Waals surface area contributed by atoms with Crippen LogP contribution in [-0.2, 0) is 4.31 Å². The Hall–Kier alpha value is -0.520. The molecule has 1 rings (SSSR count). The quantitative estimate of drug-likeness (QED) is 0.425. The highest BCUT2D eigenvalue weighted by Crippen LogP contribution is 2.41. The standard InChI is InChI=1S/C6H6O2.H4O5P2/c7-5-2-1-3-6(8)4-5;1-6(2)5-7(3)4/h1-4,7-8H;1-4H. The van der Waals surface area contributed by atoms with E-state index in [9.17, 15) is 0 Å². The monoisotopic (exact) mass is 256 g/mol. The molecule has 0 aliphatic carbocycles. The molecule has 1 aromatic carbocycles. The topological polar surface area (TPSA) is 131 Å². The lowest BCUT2D eigenvalue weighted by Gasteiger charge is -2.00. The van der Waals surface area contributed by atoms with Crippen LogP contribution in [0.15, 0.2) is 24.3 Å². The van der Waals surface area contributed by atoms with Crippen LogP contribution in [0.25, 0.3) is 0 Å². The van der Waals surface area contributed by atoms with Crippen molar-refractivity contribution >= 4 is 17.2 Å². The maximum Gasteiger partial charge on any atom is 0.334 e. The van der Waals surface area contributed by atoms with E-state index in [0.717, 1.165) is 0 Å². The highest BCUT2D eigenvalue weighted by molar-refractivity contribution is 7.53. The van der Waals surface area contributed by atoms with E-state index in [2.05, 4.69) is 4.31 Å². The van der Waals surface area contributed by atoms with Crippen molar-refractivity contribution in [3.05, 3.63) is 24.3 Å². The third-order valence-corrected chi connectivity index (χ3v) is 2.14. The van der Waals surface area contributed by atoms with Crippen LogP contribution in [0.4, 0.5) is 0 Å². The van der Waals surface area contributed by atoms with Gasteiger partial charge in [0.2, 0.25) is 0 Å². The maximum atomic E-state index is 8.65. The fourth-order valence-electron chi connectivity index (χ4n) is 0.558. The molecule has 15 heavy (non-hydrogen) atoms. The van der Waals surface area contributed by atoms with Crippen LogP contribution in [0.3, 0.4) is 0 Å². The van der Waals surface area contributed by atoms with E-state index in [0.29, 0.717) is 0 Å². The van der Waals surface area contributed by atoms with E-state index in [4.69, 9.17) is 29.8 Å². The summed E-state index contributed by atoms with van der Waals surface area (Å²) in [6, 6.07) is 5.85. The fraction of sp³-hybridized carbons (Fsp3) is 0. The number of phenols is 2. The second kappa shape index (κ2) is 7.73. The molecule has 0 aliphatic heterocycles. The second-order valence-electron chi connectivity index (χ2n) is 2.11. The lowest BCUT2D eigenvalue weighted by Crippen LogP contribution is -1.73. The van der Waals surface area contributed by atoms with Gasteiger partial charge in [-0.25, -0.2) is 4.31 Å². The van der Waals surface area contributed by atoms with Crippen molar-refractivity contribution in [3.8, 4) is 11.5 Å². The first-order valence-electron chi connectivity index (χ1n) is 3.43. The molecule has 0 saturated heterocycles. The van der Waals surface area contributed by atoms with Gasteiger partial charge in [-0.3, -0.25) is 0 Å². The van der Waals surface area contributed by atoms with Gasteiger partial charge in [-0.05, 0) is 12.1 Å². The first-order chi connectivity index (χ1) is 6.91. The minimum atomic E-state index is -2.61. The van der Waals surface area contributed by atoms with E-state index in [1.807, 2.05) is 0 Å². The molecular formula is C6H10O7P2. The SMILES string of the molecule is OP(O)OP(O)O.Oc1cccc(O)c1. The van der Waals surface area contributed by atoms with E-state index in [1.54, 1.807) is 6.07 Å². The summed E-state index contributed by atoms with van der Waals surface area (Å²) in [6.07, 6.45) is 0. The minimum absolute atomic E-state index is 0.0880. The molecule has 6 N–H and O–H groups in total. The Kier molecular flexibility index (Phi) is 7.46. The lowest BCUT2D eigenvalue weighted by molar-refractivity contribution is 0.324. The van der Waals surface area contributed by atoms with Gasteiger partial charge in [0.15, 0.2) is 0 Å². The second-order valence-corrected chi connectivity index (χ2v) is 3.77. The van der Waals surface area contributed by atoms with Gasteiger partial charge in [0, 0.05) is 6.07 Å². The molecule has 0 fully saturated rings. The van der Waals surface area contributed by atoms with Crippen molar-refractivity contribution in [3.63, 3.8) is 0 Å². The summed E-state index contributed by atoms with van der Waals surface area (Å²) in [5, 5.41) is 17.3. The molecule has 86 valence electrons. The zero-order valence-corrected chi connectivity index (χ0v) is 9.08. The summed E-state index contributed by atoms with van der Waals surface area (Å²) in [7, 11) is -5.22. The van der Waals surface area contributed by atoms with Crippen molar-refractivity contribution in [1.82, 2.24) is 0 Å². The Bertz CT molecular complexity index is 257. The molecule has 0 aromatic heterocycles. The van der Waals surface area contributed by atoms with Crippen LogP contribution in [0.5, 0.6) is 11.5 Å². The van der Waals surface area contributed by atoms with E-state index in [1.165, 1.54) is 18.2 Å². The van der Waals surface area contributed by atoms with Crippen LogP contribution >= 0.6 is 17.2 Å². The minimum Gasteiger partial charge on any atom is -0.508 e. The Morgan fingerprint density at radius 3 is 1.40 bits per heavy atom. The normalized spacial score (nSPS) is 10.0. The molecule has 0 aliphatic rings. The summed E-state index contributed by atoms with van der Waals surface area (Å²) in [5.74, 6) is 0.176. The Morgan fingerprint density at radius 1 is 0.867 bits per heavy atom. The highest BCUT2D eigenvalue weighted by Gasteiger charge is 2.05. The number of benzene rings is 1. The summed E-state index contributed by atoms with van der Waals surface area (Å²) in [4.78, 5) is 31.3. The number of hydrogen-bond acceptors (Lipinski definition) is 7. The number of rotatable bonds is 2. The molecule has 0 heterocycles. The van der Waals surface area contributed by atoms with E-state index in [-0.39, 0.29) is 11.5 Å². The van der Waals surface area contributed by atoms with Crippen molar-refractivity contribution in [2.75, 3.05) is 0 Å². The van der Waals surface area contributed by atoms with Crippen LogP contribution in [0, 0.1) is 0 Å². The predicted octanol–water partition coefficient (Wildman–Crippen LogP) is 0.524. The Morgan fingerprint density at radius 2 is 1.27 bits per heavy atom. The third kappa shape index (κ3) is 9.78. The molecule has 1 aromatic rings. The van der Waals surface area contributed by atoms with Crippen molar-refractivity contribution in [1.29, 1.82) is 0 Å². The molecule has 9 heteroatoms. The molecule has 0 radical (unpaired) electrons. The van der Waals surface area contributed by atoms with Crippen molar-refractivity contribution < 1.29 is 34.1 Å². The maximum absolute atomic E-state index is 8.65. The lowest BCUT2D eigenvalue weighted by atomic mass is 10.3. The molecule has 0 amide bonds. The summed E-state index contributed by atoms with van der Waals surface area (Å²) < 4.78 is 3.60. The fourth-order valence-corrected chi connectivity index (χ4v) is 1.08. The van der Waals surface area contributed by atoms with Gasteiger partial charge in [0.05, 0.1) is 0 Å². The van der Waals surface area contributed by atoms with Crippen molar-refractivity contribution in [2.24, 2.45) is 0 Å². The van der Waals surface area contributed by atoms with Crippen molar-refractivity contribution in [2.45, 2.75) is 0 Å². The van der Waals surface area contributed by atoms with Gasteiger partial charge in [0.25, 0.3) is 0 Å².